The number of rotatable bonds is 7. The second-order valence-corrected chi connectivity index (χ2v) is 6.95. The lowest BCUT2D eigenvalue weighted by molar-refractivity contribution is 0.315. The van der Waals surface area contributed by atoms with E-state index in [9.17, 15) is 8.42 Å². The van der Waals surface area contributed by atoms with E-state index in [-0.39, 0.29) is 11.5 Å². The first-order chi connectivity index (χ1) is 8.50. The normalized spacial score (nSPS) is 11.5. The number of halogens is 2. The lowest BCUT2D eigenvalue weighted by Gasteiger charge is -2.11. The summed E-state index contributed by atoms with van der Waals surface area (Å²) in [6.45, 7) is 1.95. The minimum absolute atomic E-state index is 0.129. The van der Waals surface area contributed by atoms with Gasteiger partial charge in [-0.1, -0.05) is 30.7 Å². The van der Waals surface area contributed by atoms with E-state index >= 15 is 0 Å². The molecule has 0 saturated carbocycles. The molecule has 0 bridgehead atoms. The summed E-state index contributed by atoms with van der Waals surface area (Å²) < 4.78 is 28.1. The fraction of sp³-hybridized carbons (Fsp3) is 0.500. The molecule has 0 aliphatic carbocycles. The van der Waals surface area contributed by atoms with Gasteiger partial charge in [0, 0.05) is 11.3 Å². The maximum atomic E-state index is 11.3. The quantitative estimate of drug-likeness (QED) is 0.573. The molecule has 0 N–H and O–H groups in total. The van der Waals surface area contributed by atoms with Gasteiger partial charge in [0.15, 0.2) is 0 Å². The number of hydrogen-bond donors (Lipinski definition) is 0. The van der Waals surface area contributed by atoms with Crippen LogP contribution in [0.5, 0.6) is 5.75 Å². The minimum atomic E-state index is -2.94. The van der Waals surface area contributed by atoms with Crippen molar-refractivity contribution in [3.05, 3.63) is 28.8 Å². The Balaban J connectivity index is 2.54. The highest BCUT2D eigenvalue weighted by molar-refractivity contribution is 7.91. The molecule has 0 fully saturated rings. The summed E-state index contributed by atoms with van der Waals surface area (Å²) in [6.07, 6.45) is 0.448. The zero-order valence-electron chi connectivity index (χ0n) is 10.2. The number of alkyl halides is 1. The molecule has 18 heavy (non-hydrogen) atoms. The van der Waals surface area contributed by atoms with Crippen LogP contribution < -0.4 is 4.74 Å². The number of para-hydroxylation sites is 1. The summed E-state index contributed by atoms with van der Waals surface area (Å²) in [5.41, 5.74) is 0.808. The van der Waals surface area contributed by atoms with Crippen LogP contribution in [0.1, 0.15) is 18.9 Å². The van der Waals surface area contributed by atoms with Crippen LogP contribution in [0.4, 0.5) is 0 Å². The van der Waals surface area contributed by atoms with Crippen LogP contribution in [-0.4, -0.2) is 26.5 Å². The summed E-state index contributed by atoms with van der Waals surface area (Å²) in [4.78, 5) is 0. The lowest BCUT2D eigenvalue weighted by atomic mass is 10.2. The molecular formula is C12H16Cl2O3S. The Kier molecular flexibility index (Phi) is 6.26. The van der Waals surface area contributed by atoms with Crippen molar-refractivity contribution in [3.63, 3.8) is 0 Å². The van der Waals surface area contributed by atoms with E-state index in [0.29, 0.717) is 29.7 Å². The Morgan fingerprint density at radius 2 is 2.06 bits per heavy atom. The van der Waals surface area contributed by atoms with Crippen LogP contribution in [-0.2, 0) is 15.7 Å². The number of sulfone groups is 1. The number of benzene rings is 1. The van der Waals surface area contributed by atoms with Gasteiger partial charge in [-0.2, -0.15) is 0 Å². The third-order valence-electron chi connectivity index (χ3n) is 2.48. The fourth-order valence-corrected chi connectivity index (χ4v) is 2.72. The van der Waals surface area contributed by atoms with Gasteiger partial charge < -0.3 is 4.74 Å². The third-order valence-corrected chi connectivity index (χ3v) is 4.85. The monoisotopic (exact) mass is 310 g/mol. The van der Waals surface area contributed by atoms with E-state index in [0.717, 1.165) is 5.56 Å². The largest absolute Gasteiger partial charge is 0.492 e. The maximum absolute atomic E-state index is 11.3. The average Bonchev–Trinajstić information content (AvgIpc) is 2.36. The van der Waals surface area contributed by atoms with Gasteiger partial charge in [0.25, 0.3) is 0 Å². The molecular weight excluding hydrogens is 295 g/mol. The third kappa shape index (κ3) is 4.67. The van der Waals surface area contributed by atoms with Crippen molar-refractivity contribution in [1.29, 1.82) is 0 Å². The summed E-state index contributed by atoms with van der Waals surface area (Å²) in [6, 6.07) is 5.35. The lowest BCUT2D eigenvalue weighted by Crippen LogP contribution is -2.12. The second kappa shape index (κ2) is 7.22. The Bertz CT molecular complexity index is 486. The summed E-state index contributed by atoms with van der Waals surface area (Å²) in [5, 5.41) is 0.492. The van der Waals surface area contributed by atoms with Crippen molar-refractivity contribution in [2.45, 2.75) is 19.2 Å². The maximum Gasteiger partial charge on any atom is 0.150 e. The van der Waals surface area contributed by atoms with E-state index in [1.165, 1.54) is 0 Å². The van der Waals surface area contributed by atoms with E-state index in [4.69, 9.17) is 27.9 Å². The number of hydrogen-bond acceptors (Lipinski definition) is 3. The highest BCUT2D eigenvalue weighted by Crippen LogP contribution is 2.29. The zero-order chi connectivity index (χ0) is 13.6. The Morgan fingerprint density at radius 3 is 2.67 bits per heavy atom. The molecule has 102 valence electrons. The van der Waals surface area contributed by atoms with Crippen LogP contribution in [0.3, 0.4) is 0 Å². The van der Waals surface area contributed by atoms with Gasteiger partial charge in [-0.05, 0) is 12.5 Å². The molecule has 1 aromatic carbocycles. The Labute approximate surface area is 118 Å². The molecule has 1 rings (SSSR count). The number of ether oxygens (including phenoxy) is 1. The molecule has 0 radical (unpaired) electrons. The second-order valence-electron chi connectivity index (χ2n) is 3.80. The van der Waals surface area contributed by atoms with Crippen molar-refractivity contribution in [1.82, 2.24) is 0 Å². The predicted molar refractivity (Wildman–Crippen MR) is 75.4 cm³/mol. The van der Waals surface area contributed by atoms with Crippen LogP contribution >= 0.6 is 23.2 Å². The van der Waals surface area contributed by atoms with E-state index < -0.39 is 9.84 Å². The van der Waals surface area contributed by atoms with Crippen LogP contribution in [0.2, 0.25) is 5.02 Å². The molecule has 0 atom stereocenters. The van der Waals surface area contributed by atoms with Crippen molar-refractivity contribution < 1.29 is 13.2 Å². The topological polar surface area (TPSA) is 43.4 Å². The SMILES string of the molecule is CCS(=O)(=O)CCCOc1c(Cl)cccc1CCl. The first kappa shape index (κ1) is 15.6. The highest BCUT2D eigenvalue weighted by Gasteiger charge is 2.10. The summed E-state index contributed by atoms with van der Waals surface area (Å²) in [5.74, 6) is 1.14. The fourth-order valence-electron chi connectivity index (χ4n) is 1.42. The molecule has 0 spiro atoms. The van der Waals surface area contributed by atoms with Crippen molar-refractivity contribution in [2.24, 2.45) is 0 Å². The summed E-state index contributed by atoms with van der Waals surface area (Å²) in [7, 11) is -2.94. The molecule has 0 amide bonds. The van der Waals surface area contributed by atoms with Crippen molar-refractivity contribution in [3.8, 4) is 5.75 Å². The molecule has 0 aromatic heterocycles. The Morgan fingerprint density at radius 1 is 1.33 bits per heavy atom. The van der Waals surface area contributed by atoms with Crippen LogP contribution in [0, 0.1) is 0 Å². The van der Waals surface area contributed by atoms with Crippen LogP contribution in [0.15, 0.2) is 18.2 Å². The standard InChI is InChI=1S/C12H16Cl2O3S/c1-2-18(15,16)8-4-7-17-12-10(9-13)5-3-6-11(12)14/h3,5-6H,2,4,7-9H2,1H3. The van der Waals surface area contributed by atoms with Crippen molar-refractivity contribution in [2.75, 3.05) is 18.1 Å². The van der Waals surface area contributed by atoms with Gasteiger partial charge in [0.1, 0.15) is 15.6 Å². The molecule has 6 heteroatoms. The summed E-state index contributed by atoms with van der Waals surface area (Å²) >= 11 is 11.8. The first-order valence-electron chi connectivity index (χ1n) is 5.66. The molecule has 0 aliphatic rings. The van der Waals surface area contributed by atoms with E-state index in [2.05, 4.69) is 0 Å². The average molecular weight is 311 g/mol. The molecule has 0 unspecified atom stereocenters. The highest BCUT2D eigenvalue weighted by atomic mass is 35.5. The van der Waals surface area contributed by atoms with Gasteiger partial charge >= 0.3 is 0 Å². The first-order valence-corrected chi connectivity index (χ1v) is 8.40. The van der Waals surface area contributed by atoms with Gasteiger partial charge in [0.05, 0.1) is 23.3 Å². The molecule has 0 aliphatic heterocycles. The molecule has 0 heterocycles. The van der Waals surface area contributed by atoms with Gasteiger partial charge in [-0.3, -0.25) is 0 Å². The van der Waals surface area contributed by atoms with Crippen molar-refractivity contribution >= 4 is 33.0 Å². The van der Waals surface area contributed by atoms with E-state index in [1.807, 2.05) is 6.07 Å². The Hall–Kier alpha value is -0.450. The van der Waals surface area contributed by atoms with E-state index in [1.54, 1.807) is 19.1 Å². The van der Waals surface area contributed by atoms with Gasteiger partial charge in [-0.25, -0.2) is 8.42 Å². The zero-order valence-corrected chi connectivity index (χ0v) is 12.5. The predicted octanol–water partition coefficient (Wildman–Crippen LogP) is 3.28. The minimum Gasteiger partial charge on any atom is -0.492 e. The smallest absolute Gasteiger partial charge is 0.150 e. The van der Waals surface area contributed by atoms with Gasteiger partial charge in [-0.15, -0.1) is 11.6 Å². The molecule has 1 aromatic rings. The van der Waals surface area contributed by atoms with Gasteiger partial charge in [0.2, 0.25) is 0 Å². The van der Waals surface area contributed by atoms with Crippen LogP contribution in [0.25, 0.3) is 0 Å². The molecule has 0 saturated heterocycles. The molecule has 3 nitrogen and oxygen atoms in total.